The minimum atomic E-state index is -4.39. The third kappa shape index (κ3) is 5.23. The second-order valence-corrected chi connectivity index (χ2v) is 10.7. The van der Waals surface area contributed by atoms with Crippen LogP contribution in [0.4, 0.5) is 13.2 Å². The Morgan fingerprint density at radius 1 is 1.11 bits per heavy atom. The molecule has 1 saturated carbocycles. The molecule has 2 atom stereocenters. The summed E-state index contributed by atoms with van der Waals surface area (Å²) >= 11 is 0. The van der Waals surface area contributed by atoms with Crippen LogP contribution in [-0.4, -0.2) is 54.0 Å². The number of fused-ring (bicyclic) bond motifs is 1. The number of amides is 1. The fraction of sp³-hybridized carbons (Fsp3) is 0.704. The number of carbonyl (C=O) groups excluding carboxylic acids is 2. The van der Waals surface area contributed by atoms with E-state index in [0.717, 1.165) is 56.8 Å². The molecule has 1 saturated heterocycles. The van der Waals surface area contributed by atoms with Crippen LogP contribution in [0, 0.1) is 17.3 Å². The topological polar surface area (TPSA) is 49.9 Å². The Balaban J connectivity index is 1.44. The van der Waals surface area contributed by atoms with Crippen molar-refractivity contribution in [3.63, 3.8) is 0 Å². The van der Waals surface area contributed by atoms with E-state index in [1.165, 1.54) is 6.07 Å². The lowest BCUT2D eigenvalue weighted by Crippen LogP contribution is -2.49. The third-order valence-electron chi connectivity index (χ3n) is 8.55. The molecule has 8 heteroatoms. The number of piperidine rings is 1. The van der Waals surface area contributed by atoms with Crippen LogP contribution >= 0.6 is 0 Å². The molecule has 2 aliphatic heterocycles. The number of hydrogen-bond acceptors (Lipinski definition) is 4. The van der Waals surface area contributed by atoms with Crippen LogP contribution in [0.5, 0.6) is 0 Å². The van der Waals surface area contributed by atoms with E-state index >= 15 is 0 Å². The molecule has 2 unspecified atom stereocenters. The van der Waals surface area contributed by atoms with Crippen molar-refractivity contribution in [2.24, 2.45) is 17.3 Å². The number of halogens is 3. The fourth-order valence-electron chi connectivity index (χ4n) is 6.31. The van der Waals surface area contributed by atoms with E-state index in [2.05, 4.69) is 18.7 Å². The van der Waals surface area contributed by atoms with Crippen molar-refractivity contribution >= 4 is 11.9 Å². The largest absolute Gasteiger partial charge is 0.466 e. The Hall–Kier alpha value is -2.09. The molecule has 0 N–H and O–H groups in total. The monoisotopic (exact) mass is 494 g/mol. The Bertz CT molecular complexity index is 940. The summed E-state index contributed by atoms with van der Waals surface area (Å²) in [6, 6.07) is 4.20. The summed E-state index contributed by atoms with van der Waals surface area (Å²) in [6.45, 7) is 8.84. The van der Waals surface area contributed by atoms with Crippen molar-refractivity contribution in [3.05, 3.63) is 34.9 Å². The maximum atomic E-state index is 13.9. The highest BCUT2D eigenvalue weighted by atomic mass is 19.4. The van der Waals surface area contributed by atoms with Gasteiger partial charge in [-0.25, -0.2) is 0 Å². The fourth-order valence-corrected chi connectivity index (χ4v) is 6.31. The minimum absolute atomic E-state index is 0.0425. The Labute approximate surface area is 206 Å². The summed E-state index contributed by atoms with van der Waals surface area (Å²) in [4.78, 5) is 30.2. The number of ether oxygens (including phenoxy) is 1. The van der Waals surface area contributed by atoms with Gasteiger partial charge in [0.05, 0.1) is 23.5 Å². The lowest BCUT2D eigenvalue weighted by molar-refractivity contribution is -0.149. The van der Waals surface area contributed by atoms with Gasteiger partial charge in [-0.1, -0.05) is 19.9 Å². The van der Waals surface area contributed by atoms with E-state index in [0.29, 0.717) is 31.2 Å². The normalized spacial score (nSPS) is 26.1. The van der Waals surface area contributed by atoms with Crippen molar-refractivity contribution in [2.75, 3.05) is 26.2 Å². The summed E-state index contributed by atoms with van der Waals surface area (Å²) in [5.74, 6) is 0.0721. The molecule has 35 heavy (non-hydrogen) atoms. The molecule has 5 nitrogen and oxygen atoms in total. The van der Waals surface area contributed by atoms with Crippen LogP contribution < -0.4 is 0 Å². The van der Waals surface area contributed by atoms with E-state index in [9.17, 15) is 22.8 Å². The molecule has 1 aliphatic carbocycles. The summed E-state index contributed by atoms with van der Waals surface area (Å²) in [6.07, 6.45) is 0.233. The predicted molar refractivity (Wildman–Crippen MR) is 126 cm³/mol. The molecule has 0 aromatic heterocycles. The first-order valence-corrected chi connectivity index (χ1v) is 12.9. The molecule has 2 heterocycles. The van der Waals surface area contributed by atoms with Gasteiger partial charge in [0.15, 0.2) is 0 Å². The molecule has 0 spiro atoms. The van der Waals surface area contributed by atoms with Gasteiger partial charge in [-0.05, 0) is 87.7 Å². The van der Waals surface area contributed by atoms with Gasteiger partial charge in [-0.15, -0.1) is 0 Å². The van der Waals surface area contributed by atoms with E-state index in [1.54, 1.807) is 11.0 Å². The Kier molecular flexibility index (Phi) is 7.51. The molecular formula is C27H37F3N2O3. The Morgan fingerprint density at radius 3 is 2.46 bits per heavy atom. The Morgan fingerprint density at radius 2 is 1.83 bits per heavy atom. The lowest BCUT2D eigenvalue weighted by atomic mass is 9.73. The average molecular weight is 495 g/mol. The van der Waals surface area contributed by atoms with Crippen LogP contribution in [0.15, 0.2) is 18.2 Å². The SMILES string of the molecule is CCOC(=O)C1CCN(C2CCC(C(=O)N3CCc4ccc(C(F)(F)F)cc4C3)(C(C)C)C2)CC1. The first-order valence-electron chi connectivity index (χ1n) is 12.9. The van der Waals surface area contributed by atoms with E-state index < -0.39 is 17.2 Å². The molecule has 1 aromatic rings. The highest BCUT2D eigenvalue weighted by Crippen LogP contribution is 2.48. The summed E-state index contributed by atoms with van der Waals surface area (Å²) in [5, 5.41) is 0. The van der Waals surface area contributed by atoms with Gasteiger partial charge in [0, 0.05) is 19.1 Å². The molecular weight excluding hydrogens is 457 g/mol. The van der Waals surface area contributed by atoms with Crippen molar-refractivity contribution in [1.82, 2.24) is 9.80 Å². The molecule has 1 amide bonds. The van der Waals surface area contributed by atoms with E-state index in [1.807, 2.05) is 6.92 Å². The first-order chi connectivity index (χ1) is 16.5. The second kappa shape index (κ2) is 10.1. The number of hydrogen-bond donors (Lipinski definition) is 0. The highest BCUT2D eigenvalue weighted by molar-refractivity contribution is 5.84. The van der Waals surface area contributed by atoms with Crippen LogP contribution in [0.25, 0.3) is 0 Å². The van der Waals surface area contributed by atoms with Gasteiger partial charge in [-0.3, -0.25) is 9.59 Å². The standard InChI is InChI=1S/C27H37F3N2O3/c1-4-35-24(33)20-9-12-31(13-10-20)23-7-11-26(16-23,18(2)3)25(34)32-14-8-19-5-6-22(27(28,29)30)15-21(19)17-32/h5-6,15,18,20,23H,4,7-14,16-17H2,1-3H3. The molecule has 0 bridgehead atoms. The smallest absolute Gasteiger partial charge is 0.416 e. The second-order valence-electron chi connectivity index (χ2n) is 10.7. The minimum Gasteiger partial charge on any atom is -0.466 e. The number of likely N-dealkylation sites (tertiary alicyclic amines) is 1. The van der Waals surface area contributed by atoms with Gasteiger partial charge >= 0.3 is 12.1 Å². The molecule has 4 rings (SSSR count). The van der Waals surface area contributed by atoms with E-state index in [-0.39, 0.29) is 30.3 Å². The zero-order valence-corrected chi connectivity index (χ0v) is 21.0. The maximum absolute atomic E-state index is 13.9. The van der Waals surface area contributed by atoms with Gasteiger partial charge in [0.25, 0.3) is 0 Å². The van der Waals surface area contributed by atoms with Crippen LogP contribution in [0.3, 0.4) is 0 Å². The molecule has 194 valence electrons. The number of rotatable bonds is 5. The van der Waals surface area contributed by atoms with E-state index in [4.69, 9.17) is 4.74 Å². The predicted octanol–water partition coefficient (Wildman–Crippen LogP) is 5.06. The van der Waals surface area contributed by atoms with Gasteiger partial charge in [0.2, 0.25) is 5.91 Å². The van der Waals surface area contributed by atoms with Crippen LogP contribution in [-0.2, 0) is 33.5 Å². The maximum Gasteiger partial charge on any atom is 0.416 e. The lowest BCUT2D eigenvalue weighted by Gasteiger charge is -2.41. The van der Waals surface area contributed by atoms with Gasteiger partial charge in [-0.2, -0.15) is 13.2 Å². The van der Waals surface area contributed by atoms with Crippen LogP contribution in [0.1, 0.15) is 69.6 Å². The number of alkyl halides is 3. The number of benzene rings is 1. The third-order valence-corrected chi connectivity index (χ3v) is 8.55. The van der Waals surface area contributed by atoms with Crippen LogP contribution in [0.2, 0.25) is 0 Å². The summed E-state index contributed by atoms with van der Waals surface area (Å²) in [5.41, 5.74) is 0.349. The first kappa shape index (κ1) is 26.0. The molecule has 0 radical (unpaired) electrons. The average Bonchev–Trinajstić information content (AvgIpc) is 3.29. The zero-order chi connectivity index (χ0) is 25.4. The quantitative estimate of drug-likeness (QED) is 0.537. The number of esters is 1. The molecule has 3 aliphatic rings. The summed E-state index contributed by atoms with van der Waals surface area (Å²) < 4.78 is 44.9. The van der Waals surface area contributed by atoms with Crippen molar-refractivity contribution in [3.8, 4) is 0 Å². The molecule has 1 aromatic carbocycles. The van der Waals surface area contributed by atoms with Crippen molar-refractivity contribution < 1.29 is 27.5 Å². The number of nitrogens with zero attached hydrogens (tertiary/aromatic N) is 2. The zero-order valence-electron chi connectivity index (χ0n) is 21.0. The molecule has 2 fully saturated rings. The highest BCUT2D eigenvalue weighted by Gasteiger charge is 2.51. The van der Waals surface area contributed by atoms with Gasteiger partial charge < -0.3 is 14.5 Å². The van der Waals surface area contributed by atoms with Crippen molar-refractivity contribution in [2.45, 2.75) is 78.1 Å². The number of carbonyl (C=O) groups is 2. The van der Waals surface area contributed by atoms with Crippen molar-refractivity contribution in [1.29, 1.82) is 0 Å². The van der Waals surface area contributed by atoms with Gasteiger partial charge in [0.1, 0.15) is 0 Å². The summed E-state index contributed by atoms with van der Waals surface area (Å²) in [7, 11) is 0.